The van der Waals surface area contributed by atoms with Crippen LogP contribution in [0.25, 0.3) is 0 Å². The first kappa shape index (κ1) is 19.2. The summed E-state index contributed by atoms with van der Waals surface area (Å²) in [6.45, 7) is 3.97. The van der Waals surface area contributed by atoms with Crippen LogP contribution in [0.1, 0.15) is 41.6 Å². The predicted molar refractivity (Wildman–Crippen MR) is 111 cm³/mol. The highest BCUT2D eigenvalue weighted by Crippen LogP contribution is 2.30. The van der Waals surface area contributed by atoms with Gasteiger partial charge in [-0.1, -0.05) is 17.7 Å². The van der Waals surface area contributed by atoms with Crippen molar-refractivity contribution in [1.82, 2.24) is 9.88 Å². The van der Waals surface area contributed by atoms with Crippen LogP contribution in [0.15, 0.2) is 42.7 Å². The average Bonchev–Trinajstić information content (AvgIpc) is 3.27. The summed E-state index contributed by atoms with van der Waals surface area (Å²) < 4.78 is 6.03. The Bertz CT molecular complexity index is 809. The zero-order valence-corrected chi connectivity index (χ0v) is 16.8. The van der Waals surface area contributed by atoms with Crippen molar-refractivity contribution in [3.63, 3.8) is 0 Å². The van der Waals surface area contributed by atoms with Gasteiger partial charge in [-0.3, -0.25) is 9.78 Å². The first-order valence-corrected chi connectivity index (χ1v) is 10.4. The van der Waals surface area contributed by atoms with Crippen LogP contribution in [0.2, 0.25) is 5.02 Å². The minimum absolute atomic E-state index is 0.0320. The third kappa shape index (κ3) is 4.47. The lowest BCUT2D eigenvalue weighted by molar-refractivity contribution is -0.00681. The van der Waals surface area contributed by atoms with Crippen LogP contribution >= 0.6 is 11.6 Å². The topological polar surface area (TPSA) is 45.7 Å². The number of amides is 1. The number of aromatic nitrogens is 1. The second-order valence-electron chi connectivity index (χ2n) is 7.55. The zero-order chi connectivity index (χ0) is 19.3. The van der Waals surface area contributed by atoms with E-state index in [9.17, 15) is 4.79 Å². The van der Waals surface area contributed by atoms with Crippen LogP contribution in [0.3, 0.4) is 0 Å². The zero-order valence-electron chi connectivity index (χ0n) is 16.0. The first-order valence-electron chi connectivity index (χ1n) is 10.0. The number of hydrogen-bond donors (Lipinski definition) is 0. The Morgan fingerprint density at radius 1 is 1.18 bits per heavy atom. The molecule has 0 spiro atoms. The van der Waals surface area contributed by atoms with Crippen LogP contribution in [0, 0.1) is 0 Å². The van der Waals surface area contributed by atoms with E-state index >= 15 is 0 Å². The van der Waals surface area contributed by atoms with E-state index in [0.29, 0.717) is 23.7 Å². The number of anilines is 1. The van der Waals surface area contributed by atoms with E-state index in [4.69, 9.17) is 16.3 Å². The van der Waals surface area contributed by atoms with Crippen molar-refractivity contribution < 1.29 is 9.53 Å². The number of benzene rings is 1. The van der Waals surface area contributed by atoms with Gasteiger partial charge in [0.25, 0.3) is 5.91 Å². The van der Waals surface area contributed by atoms with Gasteiger partial charge in [-0.2, -0.15) is 0 Å². The molecule has 0 aliphatic carbocycles. The number of halogens is 1. The fourth-order valence-electron chi connectivity index (χ4n) is 3.99. The van der Waals surface area contributed by atoms with Gasteiger partial charge in [0.2, 0.25) is 0 Å². The van der Waals surface area contributed by atoms with Crippen molar-refractivity contribution in [3.8, 4) is 0 Å². The maximum atomic E-state index is 13.0. The lowest BCUT2D eigenvalue weighted by Crippen LogP contribution is -2.43. The van der Waals surface area contributed by atoms with E-state index in [1.165, 1.54) is 12.8 Å². The van der Waals surface area contributed by atoms with Gasteiger partial charge in [-0.25, -0.2) is 0 Å². The summed E-state index contributed by atoms with van der Waals surface area (Å²) in [5.41, 5.74) is 2.74. The molecule has 2 aromatic rings. The number of pyridine rings is 1. The Hall–Kier alpha value is -2.11. The molecule has 4 rings (SSSR count). The van der Waals surface area contributed by atoms with Crippen molar-refractivity contribution in [2.45, 2.75) is 38.4 Å². The summed E-state index contributed by atoms with van der Waals surface area (Å²) in [5, 5.41) is 0.661. The summed E-state index contributed by atoms with van der Waals surface area (Å²) in [4.78, 5) is 21.3. The molecule has 2 aliphatic heterocycles. The maximum Gasteiger partial charge on any atom is 0.253 e. The van der Waals surface area contributed by atoms with Gasteiger partial charge in [0.15, 0.2) is 0 Å². The van der Waals surface area contributed by atoms with E-state index in [1.807, 2.05) is 41.4 Å². The minimum atomic E-state index is 0.0320. The molecule has 3 heterocycles. The molecule has 2 fully saturated rings. The summed E-state index contributed by atoms with van der Waals surface area (Å²) in [7, 11) is 0. The first-order chi connectivity index (χ1) is 13.7. The summed E-state index contributed by atoms with van der Waals surface area (Å²) in [5.74, 6) is 0.0320. The third-order valence-corrected chi connectivity index (χ3v) is 5.82. The lowest BCUT2D eigenvalue weighted by Gasteiger charge is -2.33. The number of likely N-dealkylation sites (tertiary alicyclic amines) is 1. The van der Waals surface area contributed by atoms with Gasteiger partial charge >= 0.3 is 0 Å². The minimum Gasteiger partial charge on any atom is -0.372 e. The van der Waals surface area contributed by atoms with E-state index in [-0.39, 0.29) is 12.0 Å². The highest BCUT2D eigenvalue weighted by Gasteiger charge is 2.26. The summed E-state index contributed by atoms with van der Waals surface area (Å²) >= 11 is 6.50. The fraction of sp³-hybridized carbons (Fsp3) is 0.455. The SMILES string of the molecule is O=C(c1ccc(N2CCCC2)c(Cl)c1)N1CCCC(OCc2cccnc2)C1. The van der Waals surface area contributed by atoms with Crippen LogP contribution in [0.5, 0.6) is 0 Å². The molecule has 0 saturated carbocycles. The van der Waals surface area contributed by atoms with E-state index < -0.39 is 0 Å². The van der Waals surface area contributed by atoms with Crippen molar-refractivity contribution in [1.29, 1.82) is 0 Å². The Kier molecular flexibility index (Phi) is 6.13. The number of piperidine rings is 1. The number of carbonyl (C=O) groups is 1. The molecule has 1 unspecified atom stereocenters. The maximum absolute atomic E-state index is 13.0. The molecule has 1 amide bonds. The fourth-order valence-corrected chi connectivity index (χ4v) is 4.29. The third-order valence-electron chi connectivity index (χ3n) is 5.52. The molecule has 0 radical (unpaired) electrons. The molecule has 1 aromatic carbocycles. The summed E-state index contributed by atoms with van der Waals surface area (Å²) in [6, 6.07) is 9.62. The van der Waals surface area contributed by atoms with E-state index in [0.717, 1.165) is 43.7 Å². The quantitative estimate of drug-likeness (QED) is 0.757. The highest BCUT2D eigenvalue weighted by atomic mass is 35.5. The van der Waals surface area contributed by atoms with E-state index in [2.05, 4.69) is 9.88 Å². The smallest absolute Gasteiger partial charge is 0.253 e. The molecular formula is C22H26ClN3O2. The number of ether oxygens (including phenoxy) is 1. The second kappa shape index (κ2) is 8.93. The largest absolute Gasteiger partial charge is 0.372 e. The van der Waals surface area contributed by atoms with Crippen molar-refractivity contribution in [2.24, 2.45) is 0 Å². The molecule has 1 atom stereocenters. The Morgan fingerprint density at radius 3 is 2.79 bits per heavy atom. The molecule has 0 bridgehead atoms. The number of rotatable bonds is 5. The van der Waals surface area contributed by atoms with Gasteiger partial charge < -0.3 is 14.5 Å². The van der Waals surface area contributed by atoms with Gasteiger partial charge in [0.05, 0.1) is 23.4 Å². The molecular weight excluding hydrogens is 374 g/mol. The molecule has 1 aromatic heterocycles. The van der Waals surface area contributed by atoms with Crippen molar-refractivity contribution in [2.75, 3.05) is 31.1 Å². The van der Waals surface area contributed by atoms with Gasteiger partial charge in [-0.15, -0.1) is 0 Å². The molecule has 6 heteroatoms. The van der Waals surface area contributed by atoms with Crippen molar-refractivity contribution >= 4 is 23.2 Å². The molecule has 2 aliphatic rings. The van der Waals surface area contributed by atoms with Gasteiger partial charge in [-0.05, 0) is 55.5 Å². The van der Waals surface area contributed by atoms with Crippen LogP contribution in [-0.2, 0) is 11.3 Å². The molecule has 148 valence electrons. The van der Waals surface area contributed by atoms with Crippen molar-refractivity contribution in [3.05, 3.63) is 58.9 Å². The second-order valence-corrected chi connectivity index (χ2v) is 7.96. The van der Waals surface area contributed by atoms with Gasteiger partial charge in [0.1, 0.15) is 0 Å². The van der Waals surface area contributed by atoms with Gasteiger partial charge in [0, 0.05) is 44.1 Å². The average molecular weight is 400 g/mol. The van der Waals surface area contributed by atoms with Crippen LogP contribution < -0.4 is 4.90 Å². The van der Waals surface area contributed by atoms with Crippen LogP contribution in [-0.4, -0.2) is 48.1 Å². The number of hydrogen-bond acceptors (Lipinski definition) is 4. The summed E-state index contributed by atoms with van der Waals surface area (Å²) in [6.07, 6.45) is 7.94. The molecule has 2 saturated heterocycles. The highest BCUT2D eigenvalue weighted by molar-refractivity contribution is 6.33. The predicted octanol–water partition coefficient (Wildman–Crippen LogP) is 4.16. The number of carbonyl (C=O) groups excluding carboxylic acids is 1. The Morgan fingerprint density at radius 2 is 2.04 bits per heavy atom. The number of nitrogens with zero attached hydrogens (tertiary/aromatic N) is 3. The van der Waals surface area contributed by atoms with Crippen LogP contribution in [0.4, 0.5) is 5.69 Å². The Balaban J connectivity index is 1.37. The molecule has 0 N–H and O–H groups in total. The monoisotopic (exact) mass is 399 g/mol. The standard InChI is InChI=1S/C22H26ClN3O2/c23-20-13-18(7-8-21(20)25-10-1-2-11-25)22(27)26-12-4-6-19(15-26)28-16-17-5-3-9-24-14-17/h3,5,7-9,13-14,19H,1-2,4,6,10-12,15-16H2. The molecule has 28 heavy (non-hydrogen) atoms. The molecule has 5 nitrogen and oxygen atoms in total. The lowest BCUT2D eigenvalue weighted by atomic mass is 10.1. The van der Waals surface area contributed by atoms with E-state index in [1.54, 1.807) is 6.20 Å². The normalized spacial score (nSPS) is 19.8. The Labute approximate surface area is 171 Å².